The topological polar surface area (TPSA) is 76.7 Å². The third-order valence-electron chi connectivity index (χ3n) is 9.84. The number of hydrogen-bond donors (Lipinski definition) is 1. The third kappa shape index (κ3) is 5.12. The van der Waals surface area contributed by atoms with E-state index < -0.39 is 17.5 Å². The van der Waals surface area contributed by atoms with Crippen molar-refractivity contribution in [3.8, 4) is 18.4 Å². The molecule has 1 aromatic heterocycles. The summed E-state index contributed by atoms with van der Waals surface area (Å²) >= 11 is 0. The molecule has 0 aliphatic carbocycles. The third-order valence-corrected chi connectivity index (χ3v) is 9.84. The van der Waals surface area contributed by atoms with Crippen LogP contribution in [0.5, 0.6) is 6.01 Å². The highest BCUT2D eigenvalue weighted by atomic mass is 19.1. The average molecular weight is 616 g/mol. The van der Waals surface area contributed by atoms with E-state index in [1.54, 1.807) is 0 Å². The number of fused-ring (bicyclic) bond motifs is 3. The first-order valence-electron chi connectivity index (χ1n) is 15.7. The number of anilines is 1. The Morgan fingerprint density at radius 1 is 1.16 bits per heavy atom. The van der Waals surface area contributed by atoms with Crippen LogP contribution >= 0.6 is 0 Å². The standard InChI is InChI=1S/C35H36F3N5O2/c1-3-24-26(22(17-21(2)39)7-10-28(24)36)18-27-30(37)25-9-8-23-19-44-16-6-15-43(23)33-29(25)32(31(27)38)40-34(41-33)45-20-35-11-4-13-42(35)14-5-12-35/h1,7,10,17-18,23H,2,4-6,8-9,11-16,19-20,39H2/b22-17-,26-18-. The minimum atomic E-state index is -0.893. The fourth-order valence-corrected chi connectivity index (χ4v) is 7.69. The Morgan fingerprint density at radius 2 is 1.96 bits per heavy atom. The molecule has 4 aliphatic rings. The number of aromatic nitrogens is 2. The fourth-order valence-electron chi connectivity index (χ4n) is 7.69. The van der Waals surface area contributed by atoms with Crippen molar-refractivity contribution in [3.63, 3.8) is 0 Å². The van der Waals surface area contributed by atoms with E-state index >= 15 is 8.78 Å². The molecular weight excluding hydrogens is 579 g/mol. The summed E-state index contributed by atoms with van der Waals surface area (Å²) in [6, 6.07) is 2.63. The van der Waals surface area contributed by atoms with Gasteiger partial charge in [-0.05, 0) is 81.5 Å². The maximum atomic E-state index is 16.8. The first kappa shape index (κ1) is 29.6. The van der Waals surface area contributed by atoms with E-state index in [0.29, 0.717) is 61.2 Å². The lowest BCUT2D eigenvalue weighted by molar-refractivity contribution is 0.108. The van der Waals surface area contributed by atoms with Crippen LogP contribution in [0.15, 0.2) is 24.4 Å². The lowest BCUT2D eigenvalue weighted by Crippen LogP contribution is -2.43. The Hall–Kier alpha value is -4.07. The summed E-state index contributed by atoms with van der Waals surface area (Å²) in [6.07, 6.45) is 14.3. The highest BCUT2D eigenvalue weighted by Gasteiger charge is 2.45. The van der Waals surface area contributed by atoms with Gasteiger partial charge in [0, 0.05) is 35.2 Å². The lowest BCUT2D eigenvalue weighted by atomic mass is 9.95. The fraction of sp³-hybridized carbons (Fsp3) is 0.429. The predicted octanol–water partition coefficient (Wildman–Crippen LogP) is 3.66. The normalized spacial score (nSPS) is 21.7. The Bertz CT molecular complexity index is 1860. The lowest BCUT2D eigenvalue weighted by Gasteiger charge is -2.32. The number of rotatable bonds is 5. The summed E-state index contributed by atoms with van der Waals surface area (Å²) < 4.78 is 60.5. The molecule has 7 nitrogen and oxygen atoms in total. The van der Waals surface area contributed by atoms with Crippen LogP contribution in [0, 0.1) is 29.8 Å². The van der Waals surface area contributed by atoms with Crippen LogP contribution in [0.25, 0.3) is 23.1 Å². The second-order valence-electron chi connectivity index (χ2n) is 12.5. The van der Waals surface area contributed by atoms with Crippen molar-refractivity contribution in [2.45, 2.75) is 56.5 Å². The molecule has 0 saturated carbocycles. The molecule has 5 heterocycles. The van der Waals surface area contributed by atoms with Gasteiger partial charge in [0.15, 0.2) is 5.82 Å². The molecule has 1 atom stereocenters. The van der Waals surface area contributed by atoms with E-state index in [1.807, 2.05) is 0 Å². The molecule has 0 bridgehead atoms. The molecule has 0 amide bonds. The number of aryl methyl sites for hydroxylation is 1. The van der Waals surface area contributed by atoms with Crippen LogP contribution in [0.1, 0.15) is 55.2 Å². The SMILES string of the molecule is C#Cc1c(F)ccc(=C/C(=C)N)/c1=C/c1c(F)c2c3c(nc(OCC45CCCN4CCC5)nc3c1F)N1CCCOCC1CC2. The van der Waals surface area contributed by atoms with Gasteiger partial charge >= 0.3 is 6.01 Å². The number of nitrogens with two attached hydrogens (primary N) is 1. The molecule has 234 valence electrons. The van der Waals surface area contributed by atoms with Gasteiger partial charge in [-0.15, -0.1) is 6.42 Å². The summed E-state index contributed by atoms with van der Waals surface area (Å²) in [6.45, 7) is 7.85. The second-order valence-corrected chi connectivity index (χ2v) is 12.5. The van der Waals surface area contributed by atoms with Crippen LogP contribution in [0.2, 0.25) is 0 Å². The number of nitrogens with zero attached hydrogens (tertiary/aromatic N) is 4. The molecule has 45 heavy (non-hydrogen) atoms. The number of benzene rings is 2. The molecule has 3 saturated heterocycles. The molecule has 10 heteroatoms. The first-order valence-corrected chi connectivity index (χ1v) is 15.7. The quantitative estimate of drug-likeness (QED) is 0.440. The highest BCUT2D eigenvalue weighted by Crippen LogP contribution is 2.42. The molecule has 3 aromatic rings. The van der Waals surface area contributed by atoms with Gasteiger partial charge in [0.05, 0.1) is 29.1 Å². The molecule has 2 N–H and O–H groups in total. The summed E-state index contributed by atoms with van der Waals surface area (Å²) in [5, 5.41) is 0.840. The van der Waals surface area contributed by atoms with E-state index in [0.717, 1.165) is 45.2 Å². The molecule has 3 fully saturated rings. The molecule has 0 radical (unpaired) electrons. The van der Waals surface area contributed by atoms with E-state index in [1.165, 1.54) is 24.3 Å². The van der Waals surface area contributed by atoms with Crippen molar-refractivity contribution in [2.75, 3.05) is 44.4 Å². The molecule has 2 aromatic carbocycles. The van der Waals surface area contributed by atoms with Gasteiger partial charge < -0.3 is 20.1 Å². The molecule has 4 aliphatic heterocycles. The van der Waals surface area contributed by atoms with Crippen LogP contribution in [-0.2, 0) is 11.2 Å². The van der Waals surface area contributed by atoms with Gasteiger partial charge in [0.25, 0.3) is 0 Å². The second kappa shape index (κ2) is 11.7. The van der Waals surface area contributed by atoms with E-state index in [4.69, 9.17) is 26.6 Å². The summed E-state index contributed by atoms with van der Waals surface area (Å²) in [7, 11) is 0. The maximum absolute atomic E-state index is 16.8. The Balaban J connectivity index is 1.46. The van der Waals surface area contributed by atoms with Gasteiger partial charge in [-0.25, -0.2) is 13.2 Å². The average Bonchev–Trinajstić information content (AvgIpc) is 3.46. The van der Waals surface area contributed by atoms with Crippen molar-refractivity contribution in [1.29, 1.82) is 0 Å². The van der Waals surface area contributed by atoms with Crippen molar-refractivity contribution >= 4 is 28.9 Å². The molecular formula is C35H36F3N5O2. The van der Waals surface area contributed by atoms with Crippen molar-refractivity contribution in [3.05, 3.63) is 69.0 Å². The van der Waals surface area contributed by atoms with Crippen molar-refractivity contribution in [1.82, 2.24) is 14.9 Å². The summed E-state index contributed by atoms with van der Waals surface area (Å²) in [4.78, 5) is 14.0. The number of ether oxygens (including phenoxy) is 2. The van der Waals surface area contributed by atoms with Crippen molar-refractivity contribution < 1.29 is 22.6 Å². The van der Waals surface area contributed by atoms with Gasteiger partial charge in [0.2, 0.25) is 0 Å². The Kier molecular flexibility index (Phi) is 7.70. The molecule has 7 rings (SSSR count). The van der Waals surface area contributed by atoms with E-state index in [-0.39, 0.29) is 45.2 Å². The van der Waals surface area contributed by atoms with Crippen LogP contribution < -0.4 is 25.8 Å². The summed E-state index contributed by atoms with van der Waals surface area (Å²) in [5.41, 5.74) is 5.70. The zero-order valence-electron chi connectivity index (χ0n) is 25.2. The zero-order valence-corrected chi connectivity index (χ0v) is 25.2. The van der Waals surface area contributed by atoms with Crippen LogP contribution in [0.3, 0.4) is 0 Å². The number of allylic oxidation sites excluding steroid dienone is 1. The van der Waals surface area contributed by atoms with Gasteiger partial charge in [-0.1, -0.05) is 18.6 Å². The molecule has 1 unspecified atom stereocenters. The van der Waals surface area contributed by atoms with E-state index in [9.17, 15) is 4.39 Å². The highest BCUT2D eigenvalue weighted by molar-refractivity contribution is 5.96. The number of terminal acetylenes is 1. The maximum Gasteiger partial charge on any atom is 0.319 e. The summed E-state index contributed by atoms with van der Waals surface area (Å²) in [5.74, 6) is 0.447. The largest absolute Gasteiger partial charge is 0.461 e. The monoisotopic (exact) mass is 615 g/mol. The van der Waals surface area contributed by atoms with E-state index in [2.05, 4.69) is 27.3 Å². The first-order chi connectivity index (χ1) is 21.8. The number of hydrogen-bond acceptors (Lipinski definition) is 7. The van der Waals surface area contributed by atoms with Gasteiger partial charge in [0.1, 0.15) is 29.6 Å². The predicted molar refractivity (Wildman–Crippen MR) is 168 cm³/mol. The number of halogens is 3. The Morgan fingerprint density at radius 3 is 2.71 bits per heavy atom. The minimum Gasteiger partial charge on any atom is -0.461 e. The molecule has 0 spiro atoms. The Labute approximate surface area is 260 Å². The van der Waals surface area contributed by atoms with Crippen LogP contribution in [0.4, 0.5) is 19.0 Å². The van der Waals surface area contributed by atoms with Crippen LogP contribution in [-0.4, -0.2) is 65.9 Å². The van der Waals surface area contributed by atoms with Gasteiger partial charge in [-0.3, -0.25) is 4.90 Å². The van der Waals surface area contributed by atoms with Gasteiger partial charge in [-0.2, -0.15) is 9.97 Å². The van der Waals surface area contributed by atoms with Crippen molar-refractivity contribution in [2.24, 2.45) is 5.73 Å². The minimum absolute atomic E-state index is 0.0388. The zero-order chi connectivity index (χ0) is 31.3. The smallest absolute Gasteiger partial charge is 0.319 e.